The van der Waals surface area contributed by atoms with E-state index in [1.165, 1.54) is 11.1 Å². The van der Waals surface area contributed by atoms with Gasteiger partial charge in [0.2, 0.25) is 0 Å². The Labute approximate surface area is 144 Å². The molecule has 1 aromatic carbocycles. The van der Waals surface area contributed by atoms with E-state index in [1.54, 1.807) is 7.05 Å². The second kappa shape index (κ2) is 8.04. The van der Waals surface area contributed by atoms with Crippen molar-refractivity contribution in [3.05, 3.63) is 35.4 Å². The number of hydrogen-bond donors (Lipinski definition) is 2. The van der Waals surface area contributed by atoms with Gasteiger partial charge in [0.05, 0.1) is 0 Å². The summed E-state index contributed by atoms with van der Waals surface area (Å²) < 4.78 is 5.21. The zero-order chi connectivity index (χ0) is 17.6. The normalized spacial score (nSPS) is 14.8. The molecule has 1 amide bonds. The Morgan fingerprint density at radius 3 is 2.54 bits per heavy atom. The Morgan fingerprint density at radius 1 is 1.21 bits per heavy atom. The van der Waals surface area contributed by atoms with Crippen molar-refractivity contribution in [1.82, 2.24) is 15.5 Å². The van der Waals surface area contributed by atoms with E-state index in [2.05, 4.69) is 44.8 Å². The molecule has 0 saturated heterocycles. The number of carbonyl (C=O) groups excluding carboxylic acids is 1. The van der Waals surface area contributed by atoms with Crippen LogP contribution in [0, 0.1) is 0 Å². The van der Waals surface area contributed by atoms with E-state index in [1.807, 2.05) is 20.8 Å². The predicted octanol–water partition coefficient (Wildman–Crippen LogP) is 2.14. The van der Waals surface area contributed by atoms with Gasteiger partial charge in [-0.2, -0.15) is 0 Å². The van der Waals surface area contributed by atoms with Crippen LogP contribution >= 0.6 is 0 Å². The first kappa shape index (κ1) is 18.1. The van der Waals surface area contributed by atoms with Crippen LogP contribution < -0.4 is 10.6 Å². The lowest BCUT2D eigenvalue weighted by molar-refractivity contribution is 0.0529. The average molecular weight is 332 g/mol. The van der Waals surface area contributed by atoms with Gasteiger partial charge in [0, 0.05) is 33.2 Å². The third kappa shape index (κ3) is 5.44. The van der Waals surface area contributed by atoms with Crippen molar-refractivity contribution in [2.45, 2.75) is 39.3 Å². The molecule has 0 saturated carbocycles. The van der Waals surface area contributed by atoms with E-state index >= 15 is 0 Å². The van der Waals surface area contributed by atoms with Crippen LogP contribution in [-0.2, 0) is 17.7 Å². The number of nitrogens with one attached hydrogen (secondary N) is 2. The zero-order valence-corrected chi connectivity index (χ0v) is 15.1. The monoisotopic (exact) mass is 332 g/mol. The van der Waals surface area contributed by atoms with Gasteiger partial charge in [-0.25, -0.2) is 4.79 Å². The van der Waals surface area contributed by atoms with Crippen LogP contribution in [0.1, 0.15) is 31.9 Å². The van der Waals surface area contributed by atoms with Crippen LogP contribution in [0.5, 0.6) is 0 Å². The van der Waals surface area contributed by atoms with Crippen LogP contribution in [0.2, 0.25) is 0 Å². The van der Waals surface area contributed by atoms with E-state index in [0.717, 1.165) is 25.5 Å². The summed E-state index contributed by atoms with van der Waals surface area (Å²) in [5, 5.41) is 6.03. The maximum Gasteiger partial charge on any atom is 0.407 e. The molecular formula is C18H28N4O2. The largest absolute Gasteiger partial charge is 0.444 e. The molecule has 2 rings (SSSR count). The molecule has 24 heavy (non-hydrogen) atoms. The number of guanidine groups is 1. The topological polar surface area (TPSA) is 66.0 Å². The highest BCUT2D eigenvalue weighted by Gasteiger charge is 2.19. The van der Waals surface area contributed by atoms with Crippen molar-refractivity contribution in [2.24, 2.45) is 4.99 Å². The Hall–Kier alpha value is -2.24. The van der Waals surface area contributed by atoms with Crippen molar-refractivity contribution in [2.75, 3.05) is 26.7 Å². The lowest BCUT2D eigenvalue weighted by atomic mass is 10.0. The highest BCUT2D eigenvalue weighted by molar-refractivity contribution is 5.80. The molecule has 1 aliphatic heterocycles. The quantitative estimate of drug-likeness (QED) is 0.506. The fourth-order valence-corrected chi connectivity index (χ4v) is 2.66. The van der Waals surface area contributed by atoms with Gasteiger partial charge in [0.1, 0.15) is 5.60 Å². The lowest BCUT2D eigenvalue weighted by Crippen LogP contribution is -2.46. The molecule has 132 valence electrons. The van der Waals surface area contributed by atoms with Crippen LogP contribution in [0.4, 0.5) is 4.79 Å². The summed E-state index contributed by atoms with van der Waals surface area (Å²) in [5.74, 6) is 0.857. The first-order valence-electron chi connectivity index (χ1n) is 8.38. The van der Waals surface area contributed by atoms with Gasteiger partial charge >= 0.3 is 6.09 Å². The fourth-order valence-electron chi connectivity index (χ4n) is 2.66. The van der Waals surface area contributed by atoms with Crippen molar-refractivity contribution >= 4 is 12.1 Å². The van der Waals surface area contributed by atoms with Crippen LogP contribution in [0.3, 0.4) is 0 Å². The second-order valence-corrected chi connectivity index (χ2v) is 6.84. The summed E-state index contributed by atoms with van der Waals surface area (Å²) in [5.41, 5.74) is 2.28. The molecule has 2 N–H and O–H groups in total. The Morgan fingerprint density at radius 2 is 1.88 bits per heavy atom. The third-order valence-electron chi connectivity index (χ3n) is 3.72. The van der Waals surface area contributed by atoms with Crippen LogP contribution in [0.25, 0.3) is 0 Å². The number of alkyl carbamates (subject to hydrolysis) is 1. The molecule has 0 fully saturated rings. The number of benzene rings is 1. The summed E-state index contributed by atoms with van der Waals surface area (Å²) in [7, 11) is 1.78. The highest BCUT2D eigenvalue weighted by Crippen LogP contribution is 2.18. The maximum atomic E-state index is 11.6. The first-order chi connectivity index (χ1) is 11.4. The molecule has 1 aliphatic rings. The van der Waals surface area contributed by atoms with Crippen molar-refractivity contribution < 1.29 is 9.53 Å². The highest BCUT2D eigenvalue weighted by atomic mass is 16.6. The molecule has 6 heteroatoms. The Balaban J connectivity index is 1.77. The van der Waals surface area contributed by atoms with E-state index in [0.29, 0.717) is 13.1 Å². The molecule has 0 unspecified atom stereocenters. The van der Waals surface area contributed by atoms with Gasteiger partial charge in [-0.05, 0) is 38.3 Å². The SMILES string of the molecule is CN=C(NCCNC(=O)OC(C)(C)C)N1CCc2ccccc2C1. The number of aliphatic imine (C=N–C) groups is 1. The van der Waals surface area contributed by atoms with E-state index in [-0.39, 0.29) is 0 Å². The van der Waals surface area contributed by atoms with Crippen molar-refractivity contribution in [3.8, 4) is 0 Å². The summed E-state index contributed by atoms with van der Waals surface area (Å²) in [4.78, 5) is 18.2. The van der Waals surface area contributed by atoms with Gasteiger partial charge in [0.25, 0.3) is 0 Å². The predicted molar refractivity (Wildman–Crippen MR) is 96.2 cm³/mol. The van der Waals surface area contributed by atoms with Gasteiger partial charge in [0.15, 0.2) is 5.96 Å². The number of carbonyl (C=O) groups is 1. The summed E-state index contributed by atoms with van der Waals surface area (Å²) in [6.45, 7) is 8.43. The van der Waals surface area contributed by atoms with E-state index in [4.69, 9.17) is 4.74 Å². The molecule has 0 radical (unpaired) electrons. The van der Waals surface area contributed by atoms with Crippen LogP contribution in [0.15, 0.2) is 29.3 Å². The zero-order valence-electron chi connectivity index (χ0n) is 15.1. The minimum absolute atomic E-state index is 0.397. The fraction of sp³-hybridized carbons (Fsp3) is 0.556. The summed E-state index contributed by atoms with van der Waals surface area (Å²) >= 11 is 0. The number of rotatable bonds is 3. The minimum Gasteiger partial charge on any atom is -0.444 e. The summed E-state index contributed by atoms with van der Waals surface area (Å²) in [6, 6.07) is 8.51. The Kier molecular flexibility index (Phi) is 6.06. The molecule has 0 aromatic heterocycles. The van der Waals surface area contributed by atoms with Crippen molar-refractivity contribution in [3.63, 3.8) is 0 Å². The standard InChI is InChI=1S/C18H28N4O2/c1-18(2,3)24-17(23)21-11-10-20-16(19-4)22-12-9-14-7-5-6-8-15(14)13-22/h5-8H,9-13H2,1-4H3,(H,19,20)(H,21,23). The molecular weight excluding hydrogens is 304 g/mol. The van der Waals surface area contributed by atoms with Crippen molar-refractivity contribution in [1.29, 1.82) is 0 Å². The Bertz CT molecular complexity index is 593. The van der Waals surface area contributed by atoms with Crippen LogP contribution in [-0.4, -0.2) is 49.2 Å². The maximum absolute atomic E-state index is 11.6. The number of ether oxygens (including phenoxy) is 1. The van der Waals surface area contributed by atoms with E-state index in [9.17, 15) is 4.79 Å². The molecule has 0 atom stereocenters. The number of amides is 1. The van der Waals surface area contributed by atoms with Gasteiger partial charge < -0.3 is 20.3 Å². The molecule has 0 aliphatic carbocycles. The molecule has 0 bridgehead atoms. The molecule has 6 nitrogen and oxygen atoms in total. The van der Waals surface area contributed by atoms with Gasteiger partial charge in [-0.3, -0.25) is 4.99 Å². The number of fused-ring (bicyclic) bond motifs is 1. The number of hydrogen-bond acceptors (Lipinski definition) is 3. The smallest absolute Gasteiger partial charge is 0.407 e. The second-order valence-electron chi connectivity index (χ2n) is 6.84. The minimum atomic E-state index is -0.477. The third-order valence-corrected chi connectivity index (χ3v) is 3.72. The molecule has 1 heterocycles. The molecule has 1 aromatic rings. The first-order valence-corrected chi connectivity index (χ1v) is 8.38. The molecule has 0 spiro atoms. The van der Waals surface area contributed by atoms with E-state index < -0.39 is 11.7 Å². The average Bonchev–Trinajstić information content (AvgIpc) is 2.53. The summed E-state index contributed by atoms with van der Waals surface area (Å²) in [6.07, 6.45) is 0.624. The van der Waals surface area contributed by atoms with Gasteiger partial charge in [-0.1, -0.05) is 24.3 Å². The number of nitrogens with zero attached hydrogens (tertiary/aromatic N) is 2. The lowest BCUT2D eigenvalue weighted by Gasteiger charge is -2.31. The van der Waals surface area contributed by atoms with Gasteiger partial charge in [-0.15, -0.1) is 0 Å².